The molecule has 5 heteroatoms. The van der Waals surface area contributed by atoms with Crippen LogP contribution in [0, 0.1) is 5.41 Å². The second-order valence-electron chi connectivity index (χ2n) is 3.60. The molecule has 0 atom stereocenters. The molecule has 0 saturated carbocycles. The molecule has 0 amide bonds. The number of hydrogen-bond acceptors (Lipinski definition) is 2. The van der Waals surface area contributed by atoms with Gasteiger partial charge in [-0.3, -0.25) is 9.59 Å². The fourth-order valence-electron chi connectivity index (χ4n) is 1.25. The van der Waals surface area contributed by atoms with E-state index >= 15 is 0 Å². The van der Waals surface area contributed by atoms with E-state index in [0.29, 0.717) is 5.56 Å². The molecule has 1 aromatic rings. The molecule has 1 rings (SSSR count). The van der Waals surface area contributed by atoms with Crippen LogP contribution in [0.2, 0.25) is 0 Å². The van der Waals surface area contributed by atoms with E-state index in [1.807, 2.05) is 0 Å². The average Bonchev–Trinajstić information content (AvgIpc) is 2.18. The molecule has 0 aliphatic carbocycles. The third-order valence-corrected chi connectivity index (χ3v) is 2.34. The first-order valence-electron chi connectivity index (χ1n) is 4.47. The summed E-state index contributed by atoms with van der Waals surface area (Å²) in [7, 11) is 0. The van der Waals surface area contributed by atoms with Crippen LogP contribution in [0.5, 0.6) is 0 Å². The summed E-state index contributed by atoms with van der Waals surface area (Å²) in [6, 6.07) is 8.72. The van der Waals surface area contributed by atoms with Gasteiger partial charge < -0.3 is 10.2 Å². The number of carboxylic acid groups (broad SMARTS) is 2. The second kappa shape index (κ2) is 6.03. The van der Waals surface area contributed by atoms with E-state index in [1.165, 1.54) is 6.92 Å². The van der Waals surface area contributed by atoms with Crippen molar-refractivity contribution in [3.63, 3.8) is 0 Å². The summed E-state index contributed by atoms with van der Waals surface area (Å²) in [4.78, 5) is 21.8. The molecule has 4 nitrogen and oxygen atoms in total. The van der Waals surface area contributed by atoms with Gasteiger partial charge in [-0.05, 0) is 18.9 Å². The normalized spacial score (nSPS) is 10.3. The second-order valence-corrected chi connectivity index (χ2v) is 3.60. The molecule has 0 heterocycles. The summed E-state index contributed by atoms with van der Waals surface area (Å²) in [5.41, 5.74) is -1.06. The molecule has 0 aromatic heterocycles. The van der Waals surface area contributed by atoms with Crippen molar-refractivity contribution in [2.24, 2.45) is 5.41 Å². The number of carbonyl (C=O) groups is 2. The minimum atomic E-state index is -1.76. The van der Waals surface area contributed by atoms with Gasteiger partial charge in [-0.15, -0.1) is 0 Å². The molecule has 0 unspecified atom stereocenters. The van der Waals surface area contributed by atoms with Gasteiger partial charge in [0.1, 0.15) is 0 Å². The Morgan fingerprint density at radius 2 is 1.56 bits per heavy atom. The van der Waals surface area contributed by atoms with Crippen molar-refractivity contribution >= 4 is 41.5 Å². The van der Waals surface area contributed by atoms with Gasteiger partial charge in [0, 0.05) is 0 Å². The van der Waals surface area contributed by atoms with Crippen LogP contribution >= 0.6 is 0 Å². The molecule has 82 valence electrons. The SMILES string of the molecule is CC(Cc1ccccc1)(C(=O)O)C(=O)O.[NaH]. The topological polar surface area (TPSA) is 74.6 Å². The van der Waals surface area contributed by atoms with Crippen LogP contribution in [0.25, 0.3) is 0 Å². The van der Waals surface area contributed by atoms with Gasteiger partial charge in [-0.1, -0.05) is 30.3 Å². The van der Waals surface area contributed by atoms with E-state index in [0.717, 1.165) is 0 Å². The van der Waals surface area contributed by atoms with Crippen molar-refractivity contribution < 1.29 is 19.8 Å². The van der Waals surface area contributed by atoms with E-state index in [4.69, 9.17) is 10.2 Å². The Bertz CT molecular complexity index is 361. The Morgan fingerprint density at radius 3 is 1.94 bits per heavy atom. The predicted octanol–water partition coefficient (Wildman–Crippen LogP) is 0.756. The molecular weight excluding hydrogens is 219 g/mol. The van der Waals surface area contributed by atoms with Gasteiger partial charge in [0.05, 0.1) is 0 Å². The Morgan fingerprint density at radius 1 is 1.12 bits per heavy atom. The molecule has 0 fully saturated rings. The van der Waals surface area contributed by atoms with Crippen molar-refractivity contribution in [1.82, 2.24) is 0 Å². The maximum atomic E-state index is 10.9. The maximum absolute atomic E-state index is 10.9. The zero-order valence-corrected chi connectivity index (χ0v) is 8.30. The summed E-state index contributed by atoms with van der Waals surface area (Å²) in [6.45, 7) is 1.21. The fraction of sp³-hybridized carbons (Fsp3) is 0.273. The number of rotatable bonds is 4. The van der Waals surface area contributed by atoms with Crippen LogP contribution in [0.3, 0.4) is 0 Å². The predicted molar refractivity (Wildman–Crippen MR) is 60.7 cm³/mol. The van der Waals surface area contributed by atoms with Crippen LogP contribution in [0.4, 0.5) is 0 Å². The molecule has 0 aliphatic heterocycles. The molecule has 0 aliphatic rings. The van der Waals surface area contributed by atoms with Gasteiger partial charge in [-0.25, -0.2) is 0 Å². The summed E-state index contributed by atoms with van der Waals surface area (Å²) >= 11 is 0. The van der Waals surface area contributed by atoms with E-state index in [-0.39, 0.29) is 36.0 Å². The van der Waals surface area contributed by atoms with Gasteiger partial charge in [0.25, 0.3) is 0 Å². The summed E-state index contributed by atoms with van der Waals surface area (Å²) in [5.74, 6) is -2.64. The number of hydrogen-bond donors (Lipinski definition) is 2. The van der Waals surface area contributed by atoms with Gasteiger partial charge in [-0.2, -0.15) is 0 Å². The summed E-state index contributed by atoms with van der Waals surface area (Å²) < 4.78 is 0. The van der Waals surface area contributed by atoms with Crippen molar-refractivity contribution in [1.29, 1.82) is 0 Å². The third kappa shape index (κ3) is 3.33. The van der Waals surface area contributed by atoms with Crippen LogP contribution < -0.4 is 0 Å². The summed E-state index contributed by atoms with van der Waals surface area (Å²) in [6.07, 6.45) is -0.0154. The van der Waals surface area contributed by atoms with Crippen LogP contribution in [0.1, 0.15) is 12.5 Å². The zero-order valence-electron chi connectivity index (χ0n) is 8.30. The van der Waals surface area contributed by atoms with Gasteiger partial charge in [0.15, 0.2) is 5.41 Å². The molecule has 0 saturated heterocycles. The van der Waals surface area contributed by atoms with Crippen molar-refractivity contribution in [3.05, 3.63) is 35.9 Å². The fourth-order valence-corrected chi connectivity index (χ4v) is 1.25. The van der Waals surface area contributed by atoms with E-state index < -0.39 is 17.4 Å². The van der Waals surface area contributed by atoms with E-state index in [1.54, 1.807) is 30.3 Å². The van der Waals surface area contributed by atoms with Crippen molar-refractivity contribution in [2.75, 3.05) is 0 Å². The number of benzene rings is 1. The average molecular weight is 232 g/mol. The molecule has 0 spiro atoms. The quantitative estimate of drug-likeness (QED) is 0.593. The standard InChI is InChI=1S/C11H12O4.Na.H/c1-11(9(12)13,10(14)15)7-8-5-3-2-4-6-8;;/h2-6H,7H2,1H3,(H,12,13)(H,14,15);;. The number of carboxylic acids is 2. The third-order valence-electron chi connectivity index (χ3n) is 2.34. The first-order chi connectivity index (χ1) is 6.97. The molecule has 2 N–H and O–H groups in total. The monoisotopic (exact) mass is 232 g/mol. The van der Waals surface area contributed by atoms with Gasteiger partial charge >= 0.3 is 41.5 Å². The first-order valence-corrected chi connectivity index (χ1v) is 4.47. The summed E-state index contributed by atoms with van der Waals surface area (Å²) in [5, 5.41) is 17.8. The Kier molecular flexibility index (Phi) is 5.72. The Balaban J connectivity index is 0.00000225. The van der Waals surface area contributed by atoms with Crippen LogP contribution in [-0.4, -0.2) is 51.7 Å². The number of aliphatic carboxylic acids is 2. The van der Waals surface area contributed by atoms with Gasteiger partial charge in [0.2, 0.25) is 0 Å². The van der Waals surface area contributed by atoms with Crippen molar-refractivity contribution in [3.8, 4) is 0 Å². The minimum absolute atomic E-state index is 0. The Hall–Kier alpha value is -0.840. The molecule has 16 heavy (non-hydrogen) atoms. The van der Waals surface area contributed by atoms with E-state index in [2.05, 4.69) is 0 Å². The Labute approximate surface area is 116 Å². The molecule has 0 bridgehead atoms. The molecule has 1 aromatic carbocycles. The zero-order chi connectivity index (χ0) is 11.5. The van der Waals surface area contributed by atoms with Crippen LogP contribution in [0.15, 0.2) is 30.3 Å². The molecule has 0 radical (unpaired) electrons. The first kappa shape index (κ1) is 15.2. The van der Waals surface area contributed by atoms with E-state index in [9.17, 15) is 9.59 Å². The molecular formula is C11H13NaO4. The van der Waals surface area contributed by atoms with Crippen LogP contribution in [-0.2, 0) is 16.0 Å². The van der Waals surface area contributed by atoms with Crippen molar-refractivity contribution in [2.45, 2.75) is 13.3 Å².